The molecule has 1 fully saturated rings. The summed E-state index contributed by atoms with van der Waals surface area (Å²) in [6.45, 7) is 11.0. The Kier molecular flexibility index (Phi) is 11.8. The van der Waals surface area contributed by atoms with Crippen LogP contribution in [0.1, 0.15) is 42.5 Å². The standard InChI is InChI=1S/C25H35N3O3.HI/c1-4-26-25(27-15-20-7-9-21(10-8-20)17-29-5-2)28-16-22-11-6-19(3)14-24(22)31-23-12-13-30-18-23;/h6-11,14,23H,4-5,12-13,15-18H2,1-3H3,(H2,26,27,28);1H. The van der Waals surface area contributed by atoms with Crippen molar-refractivity contribution in [3.63, 3.8) is 0 Å². The molecule has 0 saturated carbocycles. The quantitative estimate of drug-likeness (QED) is 0.257. The van der Waals surface area contributed by atoms with Crippen LogP contribution in [0, 0.1) is 6.92 Å². The minimum atomic E-state index is 0. The predicted molar refractivity (Wildman–Crippen MR) is 140 cm³/mol. The van der Waals surface area contributed by atoms with Gasteiger partial charge >= 0.3 is 0 Å². The summed E-state index contributed by atoms with van der Waals surface area (Å²) < 4.78 is 17.1. The van der Waals surface area contributed by atoms with Crippen molar-refractivity contribution in [3.05, 3.63) is 64.7 Å². The molecule has 1 heterocycles. The minimum absolute atomic E-state index is 0. The second-order valence-electron chi connectivity index (χ2n) is 7.72. The van der Waals surface area contributed by atoms with Crippen LogP contribution in [0.2, 0.25) is 0 Å². The van der Waals surface area contributed by atoms with Crippen molar-refractivity contribution < 1.29 is 14.2 Å². The molecule has 1 aliphatic rings. The highest BCUT2D eigenvalue weighted by molar-refractivity contribution is 14.0. The van der Waals surface area contributed by atoms with E-state index in [-0.39, 0.29) is 30.1 Å². The SMILES string of the molecule is CCNC(=NCc1ccc(COCC)cc1)NCc1ccc(C)cc1OC1CCOC1.I. The molecule has 1 saturated heterocycles. The van der Waals surface area contributed by atoms with Crippen molar-refractivity contribution in [3.8, 4) is 5.75 Å². The molecule has 0 spiro atoms. The van der Waals surface area contributed by atoms with E-state index in [4.69, 9.17) is 19.2 Å². The van der Waals surface area contributed by atoms with Gasteiger partial charge in [-0.15, -0.1) is 24.0 Å². The number of aliphatic imine (C=N–C) groups is 1. The summed E-state index contributed by atoms with van der Waals surface area (Å²) >= 11 is 0. The van der Waals surface area contributed by atoms with E-state index < -0.39 is 0 Å². The van der Waals surface area contributed by atoms with Crippen LogP contribution in [0.15, 0.2) is 47.5 Å². The molecular formula is C25H36IN3O3. The third-order valence-corrected chi connectivity index (χ3v) is 5.11. The van der Waals surface area contributed by atoms with E-state index in [1.54, 1.807) is 0 Å². The highest BCUT2D eigenvalue weighted by Gasteiger charge is 2.18. The Bertz CT molecular complexity index is 837. The topological polar surface area (TPSA) is 64.1 Å². The van der Waals surface area contributed by atoms with Crippen molar-refractivity contribution in [1.29, 1.82) is 0 Å². The molecule has 3 rings (SSSR count). The Labute approximate surface area is 209 Å². The van der Waals surface area contributed by atoms with Crippen molar-refractivity contribution in [2.45, 2.75) is 53.0 Å². The van der Waals surface area contributed by atoms with Crippen LogP contribution in [0.5, 0.6) is 5.75 Å². The fourth-order valence-corrected chi connectivity index (χ4v) is 3.35. The maximum absolute atomic E-state index is 6.21. The van der Waals surface area contributed by atoms with Crippen LogP contribution in [-0.2, 0) is 29.2 Å². The van der Waals surface area contributed by atoms with Gasteiger partial charge in [-0.05, 0) is 43.5 Å². The molecule has 2 aromatic rings. The van der Waals surface area contributed by atoms with Gasteiger partial charge in [-0.2, -0.15) is 0 Å². The fraction of sp³-hybridized carbons (Fsp3) is 0.480. The normalized spacial score (nSPS) is 15.8. The van der Waals surface area contributed by atoms with Gasteiger partial charge in [0.25, 0.3) is 0 Å². The smallest absolute Gasteiger partial charge is 0.191 e. The first kappa shape index (κ1) is 26.4. The number of aryl methyl sites for hydroxylation is 1. The lowest BCUT2D eigenvalue weighted by Crippen LogP contribution is -2.37. The molecule has 0 aliphatic carbocycles. The number of hydrogen-bond donors (Lipinski definition) is 2. The average Bonchev–Trinajstić information content (AvgIpc) is 3.29. The first-order valence-corrected chi connectivity index (χ1v) is 11.2. The molecule has 2 aromatic carbocycles. The number of halogens is 1. The minimum Gasteiger partial charge on any atom is -0.488 e. The van der Waals surface area contributed by atoms with E-state index in [9.17, 15) is 0 Å². The molecule has 0 radical (unpaired) electrons. The lowest BCUT2D eigenvalue weighted by molar-refractivity contribution is 0.134. The maximum Gasteiger partial charge on any atom is 0.191 e. The van der Waals surface area contributed by atoms with Crippen molar-refractivity contribution >= 4 is 29.9 Å². The molecule has 1 aliphatic heterocycles. The molecule has 32 heavy (non-hydrogen) atoms. The third-order valence-electron chi connectivity index (χ3n) is 5.11. The van der Waals surface area contributed by atoms with Crippen molar-refractivity contribution in [1.82, 2.24) is 10.6 Å². The van der Waals surface area contributed by atoms with Gasteiger partial charge in [0.05, 0.1) is 26.4 Å². The Morgan fingerprint density at radius 2 is 1.88 bits per heavy atom. The molecule has 176 valence electrons. The molecule has 2 N–H and O–H groups in total. The lowest BCUT2D eigenvalue weighted by Gasteiger charge is -2.18. The van der Waals surface area contributed by atoms with Gasteiger partial charge in [-0.1, -0.05) is 36.4 Å². The number of rotatable bonds is 10. The van der Waals surface area contributed by atoms with Crippen LogP contribution in [0.4, 0.5) is 0 Å². The van der Waals surface area contributed by atoms with Gasteiger partial charge in [-0.25, -0.2) is 4.99 Å². The second-order valence-corrected chi connectivity index (χ2v) is 7.72. The molecular weight excluding hydrogens is 517 g/mol. The molecule has 6 nitrogen and oxygen atoms in total. The van der Waals surface area contributed by atoms with Gasteiger partial charge in [-0.3, -0.25) is 0 Å². The predicted octanol–water partition coefficient (Wildman–Crippen LogP) is 4.57. The zero-order valence-electron chi connectivity index (χ0n) is 19.4. The average molecular weight is 553 g/mol. The first-order valence-electron chi connectivity index (χ1n) is 11.2. The molecule has 0 amide bonds. The summed E-state index contributed by atoms with van der Waals surface area (Å²) in [6.07, 6.45) is 1.07. The molecule has 0 aromatic heterocycles. The van der Waals surface area contributed by atoms with Gasteiger partial charge in [0.2, 0.25) is 0 Å². The monoisotopic (exact) mass is 553 g/mol. The highest BCUT2D eigenvalue weighted by Crippen LogP contribution is 2.23. The Morgan fingerprint density at radius 1 is 1.09 bits per heavy atom. The van der Waals surface area contributed by atoms with Crippen LogP contribution in [0.3, 0.4) is 0 Å². The largest absolute Gasteiger partial charge is 0.488 e. The van der Waals surface area contributed by atoms with E-state index in [0.717, 1.165) is 49.0 Å². The van der Waals surface area contributed by atoms with E-state index >= 15 is 0 Å². The second kappa shape index (κ2) is 14.3. The summed E-state index contributed by atoms with van der Waals surface area (Å²) in [5, 5.41) is 6.76. The lowest BCUT2D eigenvalue weighted by atomic mass is 10.1. The zero-order chi connectivity index (χ0) is 21.9. The first-order chi connectivity index (χ1) is 15.2. The van der Waals surface area contributed by atoms with Crippen molar-refractivity contribution in [2.75, 3.05) is 26.4 Å². The maximum atomic E-state index is 6.21. The van der Waals surface area contributed by atoms with Crippen LogP contribution in [-0.4, -0.2) is 38.4 Å². The number of ether oxygens (including phenoxy) is 3. The van der Waals surface area contributed by atoms with Crippen LogP contribution >= 0.6 is 24.0 Å². The molecule has 7 heteroatoms. The van der Waals surface area contributed by atoms with Gasteiger partial charge in [0.15, 0.2) is 5.96 Å². The van der Waals surface area contributed by atoms with E-state index in [0.29, 0.717) is 26.3 Å². The zero-order valence-corrected chi connectivity index (χ0v) is 21.7. The number of nitrogens with one attached hydrogen (secondary N) is 2. The van der Waals surface area contributed by atoms with Gasteiger partial charge in [0, 0.05) is 31.7 Å². The third kappa shape index (κ3) is 8.60. The Morgan fingerprint density at radius 3 is 2.56 bits per heavy atom. The molecule has 1 atom stereocenters. The summed E-state index contributed by atoms with van der Waals surface area (Å²) in [7, 11) is 0. The van der Waals surface area contributed by atoms with Crippen molar-refractivity contribution in [2.24, 2.45) is 4.99 Å². The van der Waals surface area contributed by atoms with Gasteiger partial charge in [0.1, 0.15) is 11.9 Å². The van der Waals surface area contributed by atoms with E-state index in [1.165, 1.54) is 11.1 Å². The van der Waals surface area contributed by atoms with E-state index in [1.807, 2.05) is 6.92 Å². The highest BCUT2D eigenvalue weighted by atomic mass is 127. The summed E-state index contributed by atoms with van der Waals surface area (Å²) in [6, 6.07) is 14.8. The fourth-order valence-electron chi connectivity index (χ4n) is 3.35. The molecule has 0 bridgehead atoms. The van der Waals surface area contributed by atoms with Crippen LogP contribution in [0.25, 0.3) is 0 Å². The Balaban J connectivity index is 0.00000363. The number of nitrogens with zero attached hydrogens (tertiary/aromatic N) is 1. The summed E-state index contributed by atoms with van der Waals surface area (Å²) in [5.74, 6) is 1.71. The summed E-state index contributed by atoms with van der Waals surface area (Å²) in [4.78, 5) is 4.74. The number of benzene rings is 2. The van der Waals surface area contributed by atoms with Gasteiger partial charge < -0.3 is 24.8 Å². The Hall–Kier alpha value is -1.84. The van der Waals surface area contributed by atoms with Crippen LogP contribution < -0.4 is 15.4 Å². The number of hydrogen-bond acceptors (Lipinski definition) is 4. The summed E-state index contributed by atoms with van der Waals surface area (Å²) in [5.41, 5.74) is 4.65. The molecule has 1 unspecified atom stereocenters. The van der Waals surface area contributed by atoms with E-state index in [2.05, 4.69) is 66.9 Å². The number of guanidine groups is 1.